The van der Waals surface area contributed by atoms with Crippen LogP contribution in [0.25, 0.3) is 16.3 Å². The molecule has 1 aliphatic rings. The molecule has 1 aliphatic heterocycles. The quantitative estimate of drug-likeness (QED) is 0.263. The molecule has 10 heteroatoms. The number of carbonyl (C=O) groups excluding carboxylic acids is 1. The number of nitriles is 1. The van der Waals surface area contributed by atoms with Crippen molar-refractivity contribution in [1.82, 2.24) is 5.32 Å². The Kier molecular flexibility index (Phi) is 10.3. The molecule has 3 rings (SSSR count). The number of allylic oxidation sites excluding steroid dienone is 1. The van der Waals surface area contributed by atoms with Gasteiger partial charge < -0.3 is 24.8 Å². The van der Waals surface area contributed by atoms with E-state index in [-0.39, 0.29) is 51.2 Å². The zero-order valence-corrected chi connectivity index (χ0v) is 20.8. The number of amides is 1. The molecule has 1 unspecified atom stereocenters. The van der Waals surface area contributed by atoms with E-state index in [4.69, 9.17) is 14.6 Å². The fraction of sp³-hybridized carbons (Fsp3) is 0.481. The van der Waals surface area contributed by atoms with Gasteiger partial charge in [-0.1, -0.05) is 36.4 Å². The zero-order chi connectivity index (χ0) is 26.8. The molecule has 1 heterocycles. The summed E-state index contributed by atoms with van der Waals surface area (Å²) >= 11 is 0. The van der Waals surface area contributed by atoms with Crippen LogP contribution in [0.4, 0.5) is 18.9 Å². The van der Waals surface area contributed by atoms with E-state index < -0.39 is 23.2 Å². The minimum Gasteiger partial charge on any atom is -0.394 e. The summed E-state index contributed by atoms with van der Waals surface area (Å²) in [6.07, 6.45) is -2.28. The first kappa shape index (κ1) is 28.4. The van der Waals surface area contributed by atoms with E-state index in [0.29, 0.717) is 17.6 Å². The molecular formula is C27H32F3N3O4. The second-order valence-electron chi connectivity index (χ2n) is 8.78. The Bertz CT molecular complexity index is 1140. The van der Waals surface area contributed by atoms with Gasteiger partial charge in [0.2, 0.25) is 0 Å². The fourth-order valence-corrected chi connectivity index (χ4v) is 4.56. The number of piperidine rings is 1. The number of halogens is 3. The number of hydrogen-bond acceptors (Lipinski definition) is 6. The second-order valence-corrected chi connectivity index (χ2v) is 8.78. The highest BCUT2D eigenvalue weighted by molar-refractivity contribution is 6.09. The highest BCUT2D eigenvalue weighted by Gasteiger charge is 2.42. The molecule has 200 valence electrons. The third kappa shape index (κ3) is 7.22. The third-order valence-electron chi connectivity index (χ3n) is 6.27. The van der Waals surface area contributed by atoms with Crippen LogP contribution in [0.5, 0.6) is 0 Å². The van der Waals surface area contributed by atoms with Gasteiger partial charge in [-0.3, -0.25) is 4.79 Å². The molecule has 2 N–H and O–H groups in total. The normalized spacial score (nSPS) is 16.9. The lowest BCUT2D eigenvalue weighted by atomic mass is 9.91. The summed E-state index contributed by atoms with van der Waals surface area (Å²) in [7, 11) is 0. The molecule has 0 aliphatic carbocycles. The Morgan fingerprint density at radius 2 is 1.86 bits per heavy atom. The van der Waals surface area contributed by atoms with Gasteiger partial charge >= 0.3 is 6.18 Å². The van der Waals surface area contributed by atoms with Gasteiger partial charge in [-0.2, -0.15) is 18.4 Å². The van der Waals surface area contributed by atoms with Crippen LogP contribution in [0.1, 0.15) is 31.7 Å². The van der Waals surface area contributed by atoms with E-state index >= 15 is 0 Å². The summed E-state index contributed by atoms with van der Waals surface area (Å²) in [6.45, 7) is 2.99. The van der Waals surface area contributed by atoms with Crippen molar-refractivity contribution in [2.45, 2.75) is 38.4 Å². The van der Waals surface area contributed by atoms with Gasteiger partial charge in [0, 0.05) is 30.1 Å². The van der Waals surface area contributed by atoms with Crippen molar-refractivity contribution in [1.29, 1.82) is 5.26 Å². The Morgan fingerprint density at radius 3 is 2.54 bits per heavy atom. The minimum atomic E-state index is -4.95. The van der Waals surface area contributed by atoms with Gasteiger partial charge in [0.1, 0.15) is 11.6 Å². The van der Waals surface area contributed by atoms with Crippen LogP contribution in [-0.4, -0.2) is 69.4 Å². The molecule has 2 aromatic rings. The SMILES string of the molecule is CC1CCCCN1c1c(/C(=C(\C#N)C(=O)NCCOCCOCCO)C(F)(F)F)ccc2ccccc12. The fourth-order valence-electron chi connectivity index (χ4n) is 4.56. The molecule has 0 bridgehead atoms. The van der Waals surface area contributed by atoms with E-state index in [9.17, 15) is 23.2 Å². The number of anilines is 1. The predicted molar refractivity (Wildman–Crippen MR) is 135 cm³/mol. The van der Waals surface area contributed by atoms with E-state index in [2.05, 4.69) is 5.32 Å². The molecule has 0 radical (unpaired) electrons. The Morgan fingerprint density at radius 1 is 1.14 bits per heavy atom. The molecule has 1 fully saturated rings. The summed E-state index contributed by atoms with van der Waals surface area (Å²) in [5, 5.41) is 22.2. The molecular weight excluding hydrogens is 487 g/mol. The Balaban J connectivity index is 1.97. The van der Waals surface area contributed by atoms with Crippen LogP contribution >= 0.6 is 0 Å². The summed E-state index contributed by atoms with van der Waals surface area (Å²) in [4.78, 5) is 14.8. The van der Waals surface area contributed by atoms with Crippen molar-refractivity contribution in [2.75, 3.05) is 51.0 Å². The zero-order valence-electron chi connectivity index (χ0n) is 20.8. The van der Waals surface area contributed by atoms with Crippen LogP contribution in [0.3, 0.4) is 0 Å². The van der Waals surface area contributed by atoms with E-state index in [1.807, 2.05) is 24.0 Å². The molecule has 37 heavy (non-hydrogen) atoms. The minimum absolute atomic E-state index is 0.00524. The number of aliphatic hydroxyl groups is 1. The number of nitrogens with zero attached hydrogens (tertiary/aromatic N) is 2. The van der Waals surface area contributed by atoms with Crippen molar-refractivity contribution in [3.05, 3.63) is 47.5 Å². The van der Waals surface area contributed by atoms with Gasteiger partial charge in [0.05, 0.1) is 44.3 Å². The molecule has 0 saturated carbocycles. The maximum atomic E-state index is 14.6. The smallest absolute Gasteiger partial charge is 0.394 e. The highest BCUT2D eigenvalue weighted by atomic mass is 19.4. The number of hydrogen-bond donors (Lipinski definition) is 2. The first-order chi connectivity index (χ1) is 17.8. The molecule has 1 amide bonds. The van der Waals surface area contributed by atoms with Crippen LogP contribution in [0, 0.1) is 11.3 Å². The van der Waals surface area contributed by atoms with Crippen molar-refractivity contribution in [3.8, 4) is 6.07 Å². The average molecular weight is 520 g/mol. The summed E-state index contributed by atoms with van der Waals surface area (Å²) < 4.78 is 54.0. The molecule has 7 nitrogen and oxygen atoms in total. The van der Waals surface area contributed by atoms with Crippen molar-refractivity contribution in [2.24, 2.45) is 0 Å². The maximum absolute atomic E-state index is 14.6. The van der Waals surface area contributed by atoms with Crippen molar-refractivity contribution < 1.29 is 32.5 Å². The Labute approximate surface area is 214 Å². The number of alkyl halides is 3. The average Bonchev–Trinajstić information content (AvgIpc) is 2.88. The summed E-state index contributed by atoms with van der Waals surface area (Å²) in [5.41, 5.74) is -2.02. The number of aliphatic hydroxyl groups excluding tert-OH is 1. The predicted octanol–water partition coefficient (Wildman–Crippen LogP) is 4.20. The molecule has 2 aromatic carbocycles. The number of nitrogens with one attached hydrogen (secondary N) is 1. The van der Waals surface area contributed by atoms with E-state index in [1.54, 1.807) is 18.2 Å². The monoisotopic (exact) mass is 519 g/mol. The lowest BCUT2D eigenvalue weighted by Crippen LogP contribution is -2.38. The van der Waals surface area contributed by atoms with E-state index in [0.717, 1.165) is 24.6 Å². The van der Waals surface area contributed by atoms with Crippen LogP contribution < -0.4 is 10.2 Å². The molecule has 1 atom stereocenters. The lowest BCUT2D eigenvalue weighted by molar-refractivity contribution is -0.117. The van der Waals surface area contributed by atoms with E-state index in [1.165, 1.54) is 12.1 Å². The van der Waals surface area contributed by atoms with Crippen molar-refractivity contribution in [3.63, 3.8) is 0 Å². The van der Waals surface area contributed by atoms with Gasteiger partial charge in [-0.05, 0) is 31.6 Å². The summed E-state index contributed by atoms with van der Waals surface area (Å²) in [5.74, 6) is -1.11. The van der Waals surface area contributed by atoms with Crippen LogP contribution in [0.15, 0.2) is 42.0 Å². The highest BCUT2D eigenvalue weighted by Crippen LogP contribution is 2.45. The number of carbonyl (C=O) groups is 1. The van der Waals surface area contributed by atoms with Gasteiger partial charge in [0.25, 0.3) is 5.91 Å². The standard InChI is InChI=1S/C27H32F3N3O4/c1-19-6-4-5-12-33(19)25-21-8-3-2-7-20(21)9-10-22(25)24(27(28,29)30)23(18-31)26(35)32-11-14-36-16-17-37-15-13-34/h2-3,7-10,19,34H,4-6,11-17H2,1H3,(H,32,35)/b24-23-. The number of benzene rings is 2. The molecule has 1 saturated heterocycles. The second kappa shape index (κ2) is 13.4. The van der Waals surface area contributed by atoms with Crippen LogP contribution in [0.2, 0.25) is 0 Å². The number of ether oxygens (including phenoxy) is 2. The lowest BCUT2D eigenvalue weighted by Gasteiger charge is -2.38. The topological polar surface area (TPSA) is 94.8 Å². The van der Waals surface area contributed by atoms with Crippen molar-refractivity contribution >= 4 is 27.9 Å². The van der Waals surface area contributed by atoms with Gasteiger partial charge in [0.15, 0.2) is 0 Å². The maximum Gasteiger partial charge on any atom is 0.418 e. The first-order valence-electron chi connectivity index (χ1n) is 12.3. The molecule has 0 aromatic heterocycles. The largest absolute Gasteiger partial charge is 0.418 e. The molecule has 0 spiro atoms. The first-order valence-corrected chi connectivity index (χ1v) is 12.3. The number of rotatable bonds is 11. The van der Waals surface area contributed by atoms with Gasteiger partial charge in [-0.15, -0.1) is 0 Å². The summed E-state index contributed by atoms with van der Waals surface area (Å²) in [6, 6.07) is 11.7. The third-order valence-corrected chi connectivity index (χ3v) is 6.27. The van der Waals surface area contributed by atoms with Gasteiger partial charge in [-0.25, -0.2) is 0 Å². The number of fused-ring (bicyclic) bond motifs is 1. The van der Waals surface area contributed by atoms with Crippen LogP contribution in [-0.2, 0) is 14.3 Å². The Hall–Kier alpha value is -3.13.